The van der Waals surface area contributed by atoms with Gasteiger partial charge in [0, 0.05) is 24.4 Å². The molecule has 0 aliphatic rings. The van der Waals surface area contributed by atoms with Crippen LogP contribution in [0.2, 0.25) is 0 Å². The fraction of sp³-hybridized carbons (Fsp3) is 0.333. The highest BCUT2D eigenvalue weighted by atomic mass is 79.9. The molecular weight excluding hydrogens is 306 g/mol. The van der Waals surface area contributed by atoms with Crippen LogP contribution in [0.5, 0.6) is 0 Å². The highest BCUT2D eigenvalue weighted by Gasteiger charge is 2.15. The predicted octanol–water partition coefficient (Wildman–Crippen LogP) is 4.02. The average Bonchev–Trinajstić information content (AvgIpc) is 2.40. The third kappa shape index (κ3) is 3.47. The van der Waals surface area contributed by atoms with Crippen LogP contribution in [0.25, 0.3) is 10.8 Å². The van der Waals surface area contributed by atoms with Crippen LogP contribution in [0.1, 0.15) is 6.92 Å². The molecule has 2 rings (SSSR count). The van der Waals surface area contributed by atoms with Crippen LogP contribution in [0, 0.1) is 0 Å². The van der Waals surface area contributed by atoms with Crippen molar-refractivity contribution in [2.45, 2.75) is 19.3 Å². The first-order valence-electron chi connectivity index (χ1n) is 6.15. The van der Waals surface area contributed by atoms with Gasteiger partial charge in [-0.1, -0.05) is 28.1 Å². The van der Waals surface area contributed by atoms with Crippen molar-refractivity contribution >= 4 is 32.4 Å². The summed E-state index contributed by atoms with van der Waals surface area (Å²) in [5, 5.41) is 5.80. The SMILES string of the molecule is COC(OC)C(C)Nc1ccc2cc(Br)ccc2c1. The minimum Gasteiger partial charge on any atom is -0.377 e. The van der Waals surface area contributed by atoms with Gasteiger partial charge in [0.25, 0.3) is 0 Å². The number of anilines is 1. The molecule has 0 radical (unpaired) electrons. The summed E-state index contributed by atoms with van der Waals surface area (Å²) in [5.74, 6) is 0. The molecule has 0 aromatic heterocycles. The van der Waals surface area contributed by atoms with Crippen molar-refractivity contribution in [1.29, 1.82) is 0 Å². The normalized spacial score (nSPS) is 12.9. The second-order valence-corrected chi connectivity index (χ2v) is 5.39. The molecule has 0 saturated heterocycles. The molecule has 0 heterocycles. The van der Waals surface area contributed by atoms with Crippen LogP contribution in [0.3, 0.4) is 0 Å². The van der Waals surface area contributed by atoms with Crippen molar-refractivity contribution in [2.24, 2.45) is 0 Å². The van der Waals surface area contributed by atoms with Crippen molar-refractivity contribution in [1.82, 2.24) is 0 Å². The number of fused-ring (bicyclic) bond motifs is 1. The van der Waals surface area contributed by atoms with Gasteiger partial charge < -0.3 is 14.8 Å². The zero-order chi connectivity index (χ0) is 13.8. The number of hydrogen-bond donors (Lipinski definition) is 1. The van der Waals surface area contributed by atoms with Crippen molar-refractivity contribution < 1.29 is 9.47 Å². The summed E-state index contributed by atoms with van der Waals surface area (Å²) in [5.41, 5.74) is 1.06. The first kappa shape index (κ1) is 14.3. The van der Waals surface area contributed by atoms with Gasteiger partial charge in [0.15, 0.2) is 6.29 Å². The maximum Gasteiger partial charge on any atom is 0.176 e. The topological polar surface area (TPSA) is 30.5 Å². The summed E-state index contributed by atoms with van der Waals surface area (Å²) in [6.45, 7) is 2.03. The van der Waals surface area contributed by atoms with E-state index in [4.69, 9.17) is 9.47 Å². The maximum atomic E-state index is 5.25. The molecule has 0 aliphatic heterocycles. The lowest BCUT2D eigenvalue weighted by Crippen LogP contribution is -2.33. The van der Waals surface area contributed by atoms with Crippen molar-refractivity contribution in [3.8, 4) is 0 Å². The molecule has 3 nitrogen and oxygen atoms in total. The van der Waals surface area contributed by atoms with Crippen molar-refractivity contribution in [3.05, 3.63) is 40.9 Å². The fourth-order valence-electron chi connectivity index (χ4n) is 2.14. The van der Waals surface area contributed by atoms with E-state index in [1.807, 2.05) is 13.0 Å². The number of nitrogens with one attached hydrogen (secondary N) is 1. The molecule has 19 heavy (non-hydrogen) atoms. The number of rotatable bonds is 5. The van der Waals surface area contributed by atoms with Crippen LogP contribution in [-0.2, 0) is 9.47 Å². The van der Waals surface area contributed by atoms with E-state index >= 15 is 0 Å². The molecule has 1 N–H and O–H groups in total. The minimum absolute atomic E-state index is 0.0721. The quantitative estimate of drug-likeness (QED) is 0.843. The smallest absolute Gasteiger partial charge is 0.176 e. The van der Waals surface area contributed by atoms with E-state index in [1.165, 1.54) is 10.8 Å². The Hall–Kier alpha value is -1.10. The largest absolute Gasteiger partial charge is 0.377 e. The van der Waals surface area contributed by atoms with Gasteiger partial charge in [0.1, 0.15) is 0 Å². The monoisotopic (exact) mass is 323 g/mol. The molecule has 0 aliphatic carbocycles. The number of benzene rings is 2. The first-order chi connectivity index (χ1) is 9.13. The lowest BCUT2D eigenvalue weighted by atomic mass is 10.1. The highest BCUT2D eigenvalue weighted by molar-refractivity contribution is 9.10. The van der Waals surface area contributed by atoms with Crippen molar-refractivity contribution in [2.75, 3.05) is 19.5 Å². The Labute approximate surface area is 122 Å². The van der Waals surface area contributed by atoms with E-state index in [2.05, 4.69) is 51.6 Å². The van der Waals surface area contributed by atoms with Gasteiger partial charge in [-0.05, 0) is 42.0 Å². The Kier molecular flexibility index (Phi) is 4.80. The first-order valence-corrected chi connectivity index (χ1v) is 6.95. The van der Waals surface area contributed by atoms with Crippen LogP contribution in [0.4, 0.5) is 5.69 Å². The van der Waals surface area contributed by atoms with Crippen LogP contribution in [0.15, 0.2) is 40.9 Å². The Balaban J connectivity index is 2.19. The molecule has 0 spiro atoms. The fourth-order valence-corrected chi connectivity index (χ4v) is 2.52. The highest BCUT2D eigenvalue weighted by Crippen LogP contribution is 2.23. The molecule has 0 amide bonds. The second-order valence-electron chi connectivity index (χ2n) is 4.48. The molecule has 1 atom stereocenters. The predicted molar refractivity (Wildman–Crippen MR) is 82.5 cm³/mol. The lowest BCUT2D eigenvalue weighted by Gasteiger charge is -2.23. The molecular formula is C15H18BrNO2. The van der Waals surface area contributed by atoms with Crippen LogP contribution in [-0.4, -0.2) is 26.6 Å². The van der Waals surface area contributed by atoms with E-state index in [0.29, 0.717) is 0 Å². The average molecular weight is 324 g/mol. The zero-order valence-electron chi connectivity index (χ0n) is 11.3. The lowest BCUT2D eigenvalue weighted by molar-refractivity contribution is -0.109. The zero-order valence-corrected chi connectivity index (χ0v) is 12.9. The standard InChI is InChI=1S/C15H18BrNO2/c1-10(15(18-2)19-3)17-14-7-5-11-8-13(16)6-4-12(11)9-14/h4-10,15,17H,1-3H3. The second kappa shape index (κ2) is 6.37. The van der Waals surface area contributed by atoms with Gasteiger partial charge in [-0.25, -0.2) is 0 Å². The van der Waals surface area contributed by atoms with Crippen LogP contribution < -0.4 is 5.32 Å². The molecule has 0 fully saturated rings. The third-order valence-corrected chi connectivity index (χ3v) is 3.56. The van der Waals surface area contributed by atoms with Gasteiger partial charge in [-0.2, -0.15) is 0 Å². The Morgan fingerprint density at radius 1 is 1.00 bits per heavy atom. The van der Waals surface area contributed by atoms with Gasteiger partial charge >= 0.3 is 0 Å². The summed E-state index contributed by atoms with van der Waals surface area (Å²) >= 11 is 3.48. The van der Waals surface area contributed by atoms with Gasteiger partial charge in [0.05, 0.1) is 6.04 Å². The molecule has 2 aromatic carbocycles. The Morgan fingerprint density at radius 2 is 1.63 bits per heavy atom. The molecule has 4 heteroatoms. The van der Waals surface area contributed by atoms with Gasteiger partial charge in [-0.15, -0.1) is 0 Å². The Bertz CT molecular complexity index is 555. The molecule has 2 aromatic rings. The van der Waals surface area contributed by atoms with E-state index in [0.717, 1.165) is 10.2 Å². The van der Waals surface area contributed by atoms with E-state index in [1.54, 1.807) is 14.2 Å². The maximum absolute atomic E-state index is 5.25. The summed E-state index contributed by atoms with van der Waals surface area (Å²) in [7, 11) is 3.29. The molecule has 0 saturated carbocycles. The van der Waals surface area contributed by atoms with E-state index in [9.17, 15) is 0 Å². The summed E-state index contributed by atoms with van der Waals surface area (Å²) in [4.78, 5) is 0. The van der Waals surface area contributed by atoms with Crippen molar-refractivity contribution in [3.63, 3.8) is 0 Å². The van der Waals surface area contributed by atoms with Crippen LogP contribution >= 0.6 is 15.9 Å². The summed E-state index contributed by atoms with van der Waals surface area (Å²) in [6, 6.07) is 12.6. The number of methoxy groups -OCH3 is 2. The third-order valence-electron chi connectivity index (χ3n) is 3.07. The number of hydrogen-bond acceptors (Lipinski definition) is 3. The number of halogens is 1. The molecule has 0 bridgehead atoms. The Morgan fingerprint density at radius 3 is 2.32 bits per heavy atom. The molecule has 1 unspecified atom stereocenters. The van der Waals surface area contributed by atoms with E-state index in [-0.39, 0.29) is 12.3 Å². The summed E-state index contributed by atoms with van der Waals surface area (Å²) in [6.07, 6.45) is -0.263. The van der Waals surface area contributed by atoms with Gasteiger partial charge in [0.2, 0.25) is 0 Å². The molecule has 102 valence electrons. The number of ether oxygens (including phenoxy) is 2. The van der Waals surface area contributed by atoms with Gasteiger partial charge in [-0.3, -0.25) is 0 Å². The summed E-state index contributed by atoms with van der Waals surface area (Å²) < 4.78 is 11.6. The van der Waals surface area contributed by atoms with E-state index < -0.39 is 0 Å². The minimum atomic E-state index is -0.263.